The van der Waals surface area contributed by atoms with Gasteiger partial charge >= 0.3 is 6.03 Å². The summed E-state index contributed by atoms with van der Waals surface area (Å²) in [4.78, 5) is 19.2. The third kappa shape index (κ3) is 4.90. The molecule has 150 valence electrons. The summed E-state index contributed by atoms with van der Waals surface area (Å²) < 4.78 is 5.76. The number of aromatic nitrogens is 3. The van der Waals surface area contributed by atoms with Gasteiger partial charge in [-0.3, -0.25) is 5.10 Å². The molecule has 1 saturated heterocycles. The highest BCUT2D eigenvalue weighted by Crippen LogP contribution is 2.28. The van der Waals surface area contributed by atoms with Crippen molar-refractivity contribution in [1.29, 1.82) is 0 Å². The van der Waals surface area contributed by atoms with Crippen molar-refractivity contribution in [2.45, 2.75) is 51.6 Å². The first-order chi connectivity index (χ1) is 13.7. The number of aromatic amines is 1. The van der Waals surface area contributed by atoms with E-state index in [1.807, 2.05) is 36.1 Å². The van der Waals surface area contributed by atoms with E-state index in [4.69, 9.17) is 4.74 Å². The van der Waals surface area contributed by atoms with Crippen molar-refractivity contribution in [3.05, 3.63) is 41.5 Å². The van der Waals surface area contributed by atoms with E-state index in [1.165, 1.54) is 19.3 Å². The summed E-state index contributed by atoms with van der Waals surface area (Å²) in [5.74, 6) is 2.23. The number of aryl methyl sites for hydroxylation is 1. The second kappa shape index (κ2) is 8.73. The van der Waals surface area contributed by atoms with Gasteiger partial charge in [0.2, 0.25) is 0 Å². The maximum absolute atomic E-state index is 12.9. The summed E-state index contributed by atoms with van der Waals surface area (Å²) in [6.07, 6.45) is 6.73. The first-order valence-electron chi connectivity index (χ1n) is 10.3. The maximum atomic E-state index is 12.9. The molecule has 1 aromatic heterocycles. The van der Waals surface area contributed by atoms with Crippen LogP contribution in [0.2, 0.25) is 0 Å². The standard InChI is InChI=1S/C21H29N5O2/c1-15-22-20(25-24-15)12-16-7-9-18(10-8-16)23-21(27)26(13-17-4-2-5-17)14-19-6-3-11-28-19/h7-10,17,19H,2-6,11-14H2,1H3,(H,23,27)(H,22,24,25)/t19-/m1/s1. The Hall–Kier alpha value is -2.41. The minimum absolute atomic E-state index is 0.0280. The van der Waals surface area contributed by atoms with Crippen molar-refractivity contribution >= 4 is 11.7 Å². The predicted octanol–water partition coefficient (Wildman–Crippen LogP) is 3.52. The van der Waals surface area contributed by atoms with Crippen molar-refractivity contribution < 1.29 is 9.53 Å². The summed E-state index contributed by atoms with van der Waals surface area (Å²) in [6, 6.07) is 7.88. The average molecular weight is 383 g/mol. The van der Waals surface area contributed by atoms with Crippen LogP contribution in [0.1, 0.15) is 49.3 Å². The van der Waals surface area contributed by atoms with Crippen LogP contribution in [0.3, 0.4) is 0 Å². The number of H-pyrrole nitrogens is 1. The topological polar surface area (TPSA) is 83.1 Å². The van der Waals surface area contributed by atoms with Crippen molar-refractivity contribution in [2.75, 3.05) is 25.0 Å². The number of ether oxygens (including phenoxy) is 1. The normalized spacial score (nSPS) is 19.4. The number of nitrogens with zero attached hydrogens (tertiary/aromatic N) is 3. The summed E-state index contributed by atoms with van der Waals surface area (Å²) in [6.45, 7) is 4.22. The van der Waals surface area contributed by atoms with E-state index in [9.17, 15) is 4.79 Å². The molecule has 0 bridgehead atoms. The number of amides is 2. The number of hydrogen-bond acceptors (Lipinski definition) is 4. The molecule has 1 aliphatic carbocycles. The van der Waals surface area contributed by atoms with E-state index in [0.717, 1.165) is 48.9 Å². The van der Waals surface area contributed by atoms with Gasteiger partial charge in [0.05, 0.1) is 6.10 Å². The lowest BCUT2D eigenvalue weighted by molar-refractivity contribution is 0.0748. The third-order valence-electron chi connectivity index (χ3n) is 5.65. The van der Waals surface area contributed by atoms with Crippen LogP contribution >= 0.6 is 0 Å². The van der Waals surface area contributed by atoms with E-state index >= 15 is 0 Å². The molecular formula is C21H29N5O2. The van der Waals surface area contributed by atoms with E-state index in [2.05, 4.69) is 20.5 Å². The largest absolute Gasteiger partial charge is 0.376 e. The zero-order valence-corrected chi connectivity index (χ0v) is 16.5. The molecule has 1 aromatic carbocycles. The van der Waals surface area contributed by atoms with Crippen LogP contribution in [0.15, 0.2) is 24.3 Å². The average Bonchev–Trinajstić information content (AvgIpc) is 3.30. The first-order valence-corrected chi connectivity index (χ1v) is 10.3. The fourth-order valence-corrected chi connectivity index (χ4v) is 3.82. The molecule has 1 aliphatic heterocycles. The van der Waals surface area contributed by atoms with Crippen LogP contribution in [0.5, 0.6) is 0 Å². The maximum Gasteiger partial charge on any atom is 0.321 e. The zero-order valence-electron chi connectivity index (χ0n) is 16.5. The van der Waals surface area contributed by atoms with Gasteiger partial charge in [0.25, 0.3) is 0 Å². The van der Waals surface area contributed by atoms with Gasteiger partial charge in [-0.2, -0.15) is 5.10 Å². The fourth-order valence-electron chi connectivity index (χ4n) is 3.82. The van der Waals surface area contributed by atoms with Crippen molar-refractivity contribution in [3.63, 3.8) is 0 Å². The van der Waals surface area contributed by atoms with Gasteiger partial charge in [0.15, 0.2) is 5.82 Å². The number of benzene rings is 1. The number of urea groups is 1. The van der Waals surface area contributed by atoms with Gasteiger partial charge in [-0.25, -0.2) is 9.78 Å². The van der Waals surface area contributed by atoms with Crippen LogP contribution in [-0.4, -0.2) is 51.9 Å². The molecule has 2 aromatic rings. The lowest BCUT2D eigenvalue weighted by Gasteiger charge is -2.33. The number of carbonyl (C=O) groups excluding carboxylic acids is 1. The van der Waals surface area contributed by atoms with E-state index in [-0.39, 0.29) is 12.1 Å². The quantitative estimate of drug-likeness (QED) is 0.766. The number of rotatable bonds is 7. The molecule has 1 saturated carbocycles. The molecule has 2 fully saturated rings. The smallest absolute Gasteiger partial charge is 0.321 e. The van der Waals surface area contributed by atoms with Crippen LogP contribution in [-0.2, 0) is 11.2 Å². The minimum Gasteiger partial charge on any atom is -0.376 e. The number of nitrogens with one attached hydrogen (secondary N) is 2. The number of carbonyl (C=O) groups is 1. The molecule has 7 heteroatoms. The highest BCUT2D eigenvalue weighted by atomic mass is 16.5. The van der Waals surface area contributed by atoms with Gasteiger partial charge in [-0.05, 0) is 56.2 Å². The summed E-state index contributed by atoms with van der Waals surface area (Å²) >= 11 is 0. The predicted molar refractivity (Wildman–Crippen MR) is 107 cm³/mol. The van der Waals surface area contributed by atoms with Gasteiger partial charge < -0.3 is 15.0 Å². The molecule has 2 N–H and O–H groups in total. The summed E-state index contributed by atoms with van der Waals surface area (Å²) in [5, 5.41) is 10.1. The molecule has 4 rings (SSSR count). The summed E-state index contributed by atoms with van der Waals surface area (Å²) in [5.41, 5.74) is 1.92. The second-order valence-electron chi connectivity index (χ2n) is 7.98. The first kappa shape index (κ1) is 18.9. The molecule has 7 nitrogen and oxygen atoms in total. The Morgan fingerprint density at radius 3 is 2.64 bits per heavy atom. The minimum atomic E-state index is -0.0280. The Morgan fingerprint density at radius 1 is 1.21 bits per heavy atom. The van der Waals surface area contributed by atoms with Gasteiger partial charge in [-0.1, -0.05) is 18.6 Å². The molecular weight excluding hydrogens is 354 g/mol. The lowest BCUT2D eigenvalue weighted by atomic mass is 9.85. The highest BCUT2D eigenvalue weighted by molar-refractivity contribution is 5.89. The molecule has 2 heterocycles. The second-order valence-corrected chi connectivity index (χ2v) is 7.98. The van der Waals surface area contributed by atoms with Crippen molar-refractivity contribution in [1.82, 2.24) is 20.1 Å². The van der Waals surface area contributed by atoms with E-state index in [0.29, 0.717) is 18.9 Å². The van der Waals surface area contributed by atoms with E-state index < -0.39 is 0 Å². The molecule has 1 atom stereocenters. The fraction of sp³-hybridized carbons (Fsp3) is 0.571. The Morgan fingerprint density at radius 2 is 2.04 bits per heavy atom. The SMILES string of the molecule is Cc1nc(Cc2ccc(NC(=O)N(CC3CCC3)C[C@H]3CCCO3)cc2)n[nH]1. The molecule has 2 amide bonds. The number of hydrogen-bond donors (Lipinski definition) is 2. The van der Waals surface area contributed by atoms with Gasteiger partial charge in [-0.15, -0.1) is 0 Å². The van der Waals surface area contributed by atoms with Crippen LogP contribution in [0, 0.1) is 12.8 Å². The summed E-state index contributed by atoms with van der Waals surface area (Å²) in [7, 11) is 0. The monoisotopic (exact) mass is 383 g/mol. The Labute approximate surface area is 165 Å². The van der Waals surface area contributed by atoms with Crippen LogP contribution < -0.4 is 5.32 Å². The van der Waals surface area contributed by atoms with Crippen molar-refractivity contribution in [2.24, 2.45) is 5.92 Å². The Bertz CT molecular complexity index is 778. The van der Waals surface area contributed by atoms with Gasteiger partial charge in [0.1, 0.15) is 5.82 Å². The highest BCUT2D eigenvalue weighted by Gasteiger charge is 2.27. The van der Waals surface area contributed by atoms with Crippen LogP contribution in [0.25, 0.3) is 0 Å². The van der Waals surface area contributed by atoms with E-state index in [1.54, 1.807) is 0 Å². The van der Waals surface area contributed by atoms with Crippen LogP contribution in [0.4, 0.5) is 10.5 Å². The third-order valence-corrected chi connectivity index (χ3v) is 5.65. The molecule has 0 spiro atoms. The Balaban J connectivity index is 1.35. The molecule has 0 radical (unpaired) electrons. The zero-order chi connectivity index (χ0) is 19.3. The lowest BCUT2D eigenvalue weighted by Crippen LogP contribution is -2.44. The molecule has 0 unspecified atom stereocenters. The van der Waals surface area contributed by atoms with Gasteiger partial charge in [0, 0.05) is 31.8 Å². The molecule has 2 aliphatic rings. The molecule has 28 heavy (non-hydrogen) atoms. The Kier molecular flexibility index (Phi) is 5.90. The van der Waals surface area contributed by atoms with Crippen molar-refractivity contribution in [3.8, 4) is 0 Å². The number of anilines is 1.